The monoisotopic (exact) mass is 282 g/mol. The zero-order valence-corrected chi connectivity index (χ0v) is 10.9. The molecule has 1 aromatic rings. The van der Waals surface area contributed by atoms with Crippen molar-refractivity contribution in [2.75, 3.05) is 5.73 Å². The zero-order chi connectivity index (χ0) is 14.7. The number of hydrogen-bond acceptors (Lipinski definition) is 2. The first kappa shape index (κ1) is 16.6. The van der Waals surface area contributed by atoms with Crippen LogP contribution < -0.4 is 11.5 Å². The Bertz CT molecular complexity index is 459. The highest BCUT2D eigenvalue weighted by Crippen LogP contribution is 2.39. The van der Waals surface area contributed by atoms with Crippen molar-refractivity contribution in [1.29, 1.82) is 0 Å². The number of halogens is 4. The molecule has 1 aromatic carbocycles. The molecule has 0 fully saturated rings. The maximum Gasteiger partial charge on any atom is 0.417 e. The molecule has 1 amide bonds. The lowest BCUT2D eigenvalue weighted by molar-refractivity contribution is -0.137. The molecule has 0 bridgehead atoms. The molecule has 0 aliphatic heterocycles. The van der Waals surface area contributed by atoms with Crippen LogP contribution in [0, 0.1) is 6.92 Å². The summed E-state index contributed by atoms with van der Waals surface area (Å²) in [5.74, 6) is -1.03. The first-order chi connectivity index (χ1) is 8.16. The molecule has 0 saturated carbocycles. The van der Waals surface area contributed by atoms with Crippen LogP contribution in [0.1, 0.15) is 35.3 Å². The van der Waals surface area contributed by atoms with Crippen molar-refractivity contribution in [1.82, 2.24) is 0 Å². The van der Waals surface area contributed by atoms with Crippen LogP contribution in [0.2, 0.25) is 5.02 Å². The summed E-state index contributed by atoms with van der Waals surface area (Å²) in [7, 11) is 0. The van der Waals surface area contributed by atoms with Crippen LogP contribution in [-0.2, 0) is 6.18 Å². The van der Waals surface area contributed by atoms with Gasteiger partial charge in [-0.15, -0.1) is 0 Å². The Morgan fingerprint density at radius 2 is 1.78 bits per heavy atom. The molecule has 0 heterocycles. The number of primary amides is 1. The quantitative estimate of drug-likeness (QED) is 0.775. The Balaban J connectivity index is 0.00000137. The second kappa shape index (κ2) is 5.95. The molecule has 4 N–H and O–H groups in total. The lowest BCUT2D eigenvalue weighted by atomic mass is 10.0. The summed E-state index contributed by atoms with van der Waals surface area (Å²) in [4.78, 5) is 10.9. The molecule has 0 saturated heterocycles. The van der Waals surface area contributed by atoms with E-state index in [0.29, 0.717) is 6.07 Å². The highest BCUT2D eigenvalue weighted by molar-refractivity contribution is 6.33. The third kappa shape index (κ3) is 3.29. The molecule has 0 atom stereocenters. The van der Waals surface area contributed by atoms with Crippen molar-refractivity contribution in [3.63, 3.8) is 0 Å². The predicted molar refractivity (Wildman–Crippen MR) is 65.5 cm³/mol. The summed E-state index contributed by atoms with van der Waals surface area (Å²) in [6, 6.07) is 0.562. The largest absolute Gasteiger partial charge is 0.417 e. The zero-order valence-electron chi connectivity index (χ0n) is 10.2. The molecular formula is C11H14ClF3N2O. The van der Waals surface area contributed by atoms with Crippen LogP contribution in [0.15, 0.2) is 6.07 Å². The molecule has 102 valence electrons. The number of hydrogen-bond donors (Lipinski definition) is 2. The van der Waals surface area contributed by atoms with E-state index in [0.717, 1.165) is 0 Å². The molecule has 3 nitrogen and oxygen atoms in total. The number of carbonyl (C=O) groups is 1. The average molecular weight is 283 g/mol. The van der Waals surface area contributed by atoms with Gasteiger partial charge < -0.3 is 11.5 Å². The minimum Gasteiger partial charge on any atom is -0.398 e. The van der Waals surface area contributed by atoms with Gasteiger partial charge in [0.05, 0.1) is 16.1 Å². The highest BCUT2D eigenvalue weighted by atomic mass is 35.5. The Kier molecular flexibility index (Phi) is 5.48. The Morgan fingerprint density at radius 3 is 2.11 bits per heavy atom. The van der Waals surface area contributed by atoms with E-state index in [9.17, 15) is 18.0 Å². The molecule has 0 aliphatic rings. The van der Waals surface area contributed by atoms with E-state index in [4.69, 9.17) is 23.1 Å². The molecule has 0 radical (unpaired) electrons. The third-order valence-electron chi connectivity index (χ3n) is 2.12. The van der Waals surface area contributed by atoms with Crippen molar-refractivity contribution in [3.8, 4) is 0 Å². The van der Waals surface area contributed by atoms with Gasteiger partial charge in [0.25, 0.3) is 5.91 Å². The van der Waals surface area contributed by atoms with Crippen molar-refractivity contribution in [2.45, 2.75) is 26.9 Å². The number of benzene rings is 1. The lowest BCUT2D eigenvalue weighted by Crippen LogP contribution is -2.17. The van der Waals surface area contributed by atoms with E-state index in [1.54, 1.807) is 0 Å². The van der Waals surface area contributed by atoms with Crippen LogP contribution in [-0.4, -0.2) is 5.91 Å². The van der Waals surface area contributed by atoms with E-state index >= 15 is 0 Å². The fourth-order valence-electron chi connectivity index (χ4n) is 1.22. The van der Waals surface area contributed by atoms with E-state index in [1.165, 1.54) is 6.92 Å². The molecule has 0 unspecified atom stereocenters. The molecular weight excluding hydrogens is 269 g/mol. The summed E-state index contributed by atoms with van der Waals surface area (Å²) in [5, 5.41) is -0.519. The van der Waals surface area contributed by atoms with E-state index in [-0.39, 0.29) is 16.8 Å². The molecule has 0 spiro atoms. The molecule has 0 aromatic heterocycles. The normalized spacial score (nSPS) is 10.6. The maximum atomic E-state index is 12.5. The number of anilines is 1. The van der Waals surface area contributed by atoms with Crippen molar-refractivity contribution < 1.29 is 18.0 Å². The van der Waals surface area contributed by atoms with Crippen LogP contribution in [0.5, 0.6) is 0 Å². The molecule has 18 heavy (non-hydrogen) atoms. The van der Waals surface area contributed by atoms with E-state index < -0.39 is 22.7 Å². The topological polar surface area (TPSA) is 69.1 Å². The van der Waals surface area contributed by atoms with Gasteiger partial charge in [-0.1, -0.05) is 25.4 Å². The number of nitrogen functional groups attached to an aromatic ring is 1. The van der Waals surface area contributed by atoms with Crippen molar-refractivity contribution >= 4 is 23.2 Å². The van der Waals surface area contributed by atoms with Gasteiger partial charge in [-0.2, -0.15) is 13.2 Å². The fourth-order valence-corrected chi connectivity index (χ4v) is 1.48. The van der Waals surface area contributed by atoms with Crippen LogP contribution in [0.4, 0.5) is 18.9 Å². The Labute approximate surface area is 108 Å². The van der Waals surface area contributed by atoms with Gasteiger partial charge in [0.1, 0.15) is 0 Å². The van der Waals surface area contributed by atoms with Crippen LogP contribution >= 0.6 is 11.6 Å². The highest BCUT2D eigenvalue weighted by Gasteiger charge is 2.35. The number of nitrogens with two attached hydrogens (primary N) is 2. The van der Waals surface area contributed by atoms with Gasteiger partial charge in [0.15, 0.2) is 0 Å². The standard InChI is InChI=1S/C9H8ClF3N2O.C2H6/c1-3-6(10)5(9(11,12)13)2-4(7(3)14)8(15)16;1-2/h2H,14H2,1H3,(H2,15,16);1-2H3. The van der Waals surface area contributed by atoms with Gasteiger partial charge in [-0.3, -0.25) is 4.79 Å². The van der Waals surface area contributed by atoms with Crippen LogP contribution in [0.25, 0.3) is 0 Å². The molecule has 7 heteroatoms. The van der Waals surface area contributed by atoms with Crippen LogP contribution in [0.3, 0.4) is 0 Å². The van der Waals surface area contributed by atoms with Gasteiger partial charge >= 0.3 is 6.18 Å². The summed E-state index contributed by atoms with van der Waals surface area (Å²) < 4.78 is 37.6. The first-order valence-corrected chi connectivity index (χ1v) is 5.49. The third-order valence-corrected chi connectivity index (χ3v) is 2.61. The van der Waals surface area contributed by atoms with Gasteiger partial charge in [-0.25, -0.2) is 0 Å². The lowest BCUT2D eigenvalue weighted by Gasteiger charge is -2.14. The average Bonchev–Trinajstić information content (AvgIpc) is 2.26. The summed E-state index contributed by atoms with van der Waals surface area (Å²) in [5.41, 5.74) is 8.72. The van der Waals surface area contributed by atoms with E-state index in [2.05, 4.69) is 0 Å². The first-order valence-electron chi connectivity index (χ1n) is 5.11. The van der Waals surface area contributed by atoms with E-state index in [1.807, 2.05) is 13.8 Å². The second-order valence-electron chi connectivity index (χ2n) is 3.19. The summed E-state index contributed by atoms with van der Waals surface area (Å²) in [6.45, 7) is 5.29. The SMILES string of the molecule is CC.Cc1c(N)c(C(N)=O)cc(C(F)(F)F)c1Cl. The predicted octanol–water partition coefficient (Wildman–Crippen LogP) is 3.37. The minimum atomic E-state index is -4.65. The minimum absolute atomic E-state index is 0.00899. The fraction of sp³-hybridized carbons (Fsp3) is 0.364. The van der Waals surface area contributed by atoms with Gasteiger partial charge in [0.2, 0.25) is 0 Å². The second-order valence-corrected chi connectivity index (χ2v) is 3.56. The number of alkyl halides is 3. The molecule has 0 aliphatic carbocycles. The summed E-state index contributed by atoms with van der Waals surface area (Å²) >= 11 is 5.51. The summed E-state index contributed by atoms with van der Waals surface area (Å²) in [6.07, 6.45) is -4.65. The number of carbonyl (C=O) groups excluding carboxylic acids is 1. The van der Waals surface area contributed by atoms with Crippen molar-refractivity contribution in [3.05, 3.63) is 27.8 Å². The maximum absolute atomic E-state index is 12.5. The van der Waals surface area contributed by atoms with Gasteiger partial charge in [0, 0.05) is 5.69 Å². The Morgan fingerprint density at radius 1 is 1.33 bits per heavy atom. The molecule has 1 rings (SSSR count). The van der Waals surface area contributed by atoms with Crippen molar-refractivity contribution in [2.24, 2.45) is 5.73 Å². The van der Waals surface area contributed by atoms with Gasteiger partial charge in [-0.05, 0) is 18.6 Å². The number of amides is 1. The number of rotatable bonds is 1. The smallest absolute Gasteiger partial charge is 0.398 e. The Hall–Kier alpha value is -1.43.